The van der Waals surface area contributed by atoms with Crippen LogP contribution in [0.15, 0.2) is 69.9 Å². The Morgan fingerprint density at radius 2 is 1.61 bits per heavy atom. The van der Waals surface area contributed by atoms with E-state index in [-0.39, 0.29) is 11.2 Å². The summed E-state index contributed by atoms with van der Waals surface area (Å²) in [4.78, 5) is 13.2. The molecule has 0 unspecified atom stereocenters. The summed E-state index contributed by atoms with van der Waals surface area (Å²) < 4.78 is 17.5. The molecule has 3 aromatic carbocycles. The van der Waals surface area contributed by atoms with Gasteiger partial charge < -0.3 is 24.3 Å². The zero-order valence-electron chi connectivity index (χ0n) is 18.6. The van der Waals surface area contributed by atoms with Gasteiger partial charge in [0.1, 0.15) is 28.4 Å². The van der Waals surface area contributed by atoms with Gasteiger partial charge in [-0.2, -0.15) is 0 Å². The van der Waals surface area contributed by atoms with Gasteiger partial charge in [-0.15, -0.1) is 0 Å². The first kappa shape index (κ1) is 21.1. The molecular formula is C27H25NO5. The molecule has 0 spiro atoms. The first-order valence-electron chi connectivity index (χ1n) is 10.9. The molecule has 0 aliphatic heterocycles. The number of methoxy groups -OCH3 is 2. The van der Waals surface area contributed by atoms with Crippen molar-refractivity contribution in [2.45, 2.75) is 25.4 Å². The highest BCUT2D eigenvalue weighted by molar-refractivity contribution is 5.99. The van der Waals surface area contributed by atoms with E-state index in [4.69, 9.17) is 13.9 Å². The molecule has 1 aliphatic carbocycles. The topological polar surface area (TPSA) is 80.9 Å². The Morgan fingerprint density at radius 1 is 0.939 bits per heavy atom. The zero-order chi connectivity index (χ0) is 22.9. The molecule has 0 saturated heterocycles. The summed E-state index contributed by atoms with van der Waals surface area (Å²) in [5.41, 5.74) is 3.61. The van der Waals surface area contributed by atoms with Crippen LogP contribution in [-0.2, 0) is 6.54 Å². The van der Waals surface area contributed by atoms with E-state index in [0.29, 0.717) is 45.4 Å². The maximum atomic E-state index is 13.2. The number of fused-ring (bicyclic) bond motifs is 1. The number of benzene rings is 3. The minimum atomic E-state index is -0.217. The molecule has 1 aliphatic rings. The average Bonchev–Trinajstić information content (AvgIpc) is 3.67. The second kappa shape index (κ2) is 8.64. The van der Waals surface area contributed by atoms with Crippen LogP contribution in [-0.4, -0.2) is 25.4 Å². The third kappa shape index (κ3) is 4.17. The van der Waals surface area contributed by atoms with Crippen LogP contribution in [0.5, 0.6) is 17.2 Å². The molecule has 1 aromatic heterocycles. The quantitative estimate of drug-likeness (QED) is 0.414. The first-order valence-corrected chi connectivity index (χ1v) is 10.9. The van der Waals surface area contributed by atoms with E-state index >= 15 is 0 Å². The van der Waals surface area contributed by atoms with Gasteiger partial charge in [0.15, 0.2) is 11.0 Å². The highest BCUT2D eigenvalue weighted by Gasteiger charge is 2.22. The molecule has 6 heteroatoms. The fraction of sp³-hybridized carbons (Fsp3) is 0.222. The van der Waals surface area contributed by atoms with Crippen molar-refractivity contribution < 1.29 is 19.0 Å². The van der Waals surface area contributed by atoms with Crippen LogP contribution in [0.25, 0.3) is 33.4 Å². The van der Waals surface area contributed by atoms with Gasteiger partial charge in [-0.25, -0.2) is 0 Å². The minimum Gasteiger partial charge on any atom is -0.508 e. The molecule has 0 radical (unpaired) electrons. The van der Waals surface area contributed by atoms with Gasteiger partial charge in [0, 0.05) is 30.3 Å². The summed E-state index contributed by atoms with van der Waals surface area (Å²) in [5, 5.41) is 13.5. The Kier molecular flexibility index (Phi) is 5.52. The maximum Gasteiger partial charge on any atom is 0.197 e. The molecule has 6 nitrogen and oxygen atoms in total. The Labute approximate surface area is 191 Å². The van der Waals surface area contributed by atoms with E-state index in [0.717, 1.165) is 12.1 Å². The summed E-state index contributed by atoms with van der Waals surface area (Å²) >= 11 is 0. The standard InChI is InChI=1S/C27H25NO5/c1-31-23-14-24(32-2)26-21(30)13-22(17-7-11-20(29)12-8-17)33-27(26)25(23)18-5-3-16(4-6-18)15-28-19-9-10-19/h3-8,11-14,19,28-29H,9-10,15H2,1-2H3. The number of phenolic OH excluding ortho intramolecular Hbond substituents is 1. The van der Waals surface area contributed by atoms with Crippen LogP contribution in [0.4, 0.5) is 0 Å². The Balaban J connectivity index is 1.68. The SMILES string of the molecule is COc1cc(OC)c2c(=O)cc(-c3ccc(O)cc3)oc2c1-c1ccc(CNC2CC2)cc1. The summed E-state index contributed by atoms with van der Waals surface area (Å²) in [6.45, 7) is 0.825. The number of nitrogens with one attached hydrogen (secondary N) is 1. The second-order valence-corrected chi connectivity index (χ2v) is 8.23. The van der Waals surface area contributed by atoms with Crippen molar-refractivity contribution >= 4 is 11.0 Å². The van der Waals surface area contributed by atoms with E-state index in [1.807, 2.05) is 12.1 Å². The van der Waals surface area contributed by atoms with Crippen molar-refractivity contribution in [3.05, 3.63) is 76.5 Å². The molecule has 1 heterocycles. The molecule has 168 valence electrons. The van der Waals surface area contributed by atoms with E-state index in [1.165, 1.54) is 31.6 Å². The van der Waals surface area contributed by atoms with Crippen LogP contribution >= 0.6 is 0 Å². The summed E-state index contributed by atoms with van der Waals surface area (Å²) in [6, 6.07) is 18.5. The molecule has 5 rings (SSSR count). The molecular weight excluding hydrogens is 418 g/mol. The predicted octanol–water partition coefficient (Wildman–Crippen LogP) is 5.10. The van der Waals surface area contributed by atoms with Gasteiger partial charge in [-0.1, -0.05) is 24.3 Å². The Bertz CT molecular complexity index is 1350. The van der Waals surface area contributed by atoms with Crippen molar-refractivity contribution in [2.24, 2.45) is 0 Å². The Hall–Kier alpha value is -3.77. The summed E-state index contributed by atoms with van der Waals surface area (Å²) in [5.74, 6) is 1.48. The lowest BCUT2D eigenvalue weighted by atomic mass is 9.99. The Morgan fingerprint density at radius 3 is 2.24 bits per heavy atom. The molecule has 33 heavy (non-hydrogen) atoms. The van der Waals surface area contributed by atoms with Crippen LogP contribution in [0.2, 0.25) is 0 Å². The molecule has 1 saturated carbocycles. The highest BCUT2D eigenvalue weighted by Crippen LogP contribution is 2.42. The highest BCUT2D eigenvalue weighted by atomic mass is 16.5. The number of phenols is 1. The van der Waals surface area contributed by atoms with Gasteiger partial charge >= 0.3 is 0 Å². The van der Waals surface area contributed by atoms with Gasteiger partial charge in [-0.3, -0.25) is 4.79 Å². The largest absolute Gasteiger partial charge is 0.508 e. The second-order valence-electron chi connectivity index (χ2n) is 8.23. The number of ether oxygens (including phenoxy) is 2. The van der Waals surface area contributed by atoms with Crippen LogP contribution in [0.1, 0.15) is 18.4 Å². The van der Waals surface area contributed by atoms with Gasteiger partial charge in [0.25, 0.3) is 0 Å². The molecule has 2 N–H and O–H groups in total. The van der Waals surface area contributed by atoms with Crippen LogP contribution < -0.4 is 20.2 Å². The number of aromatic hydroxyl groups is 1. The lowest BCUT2D eigenvalue weighted by Crippen LogP contribution is -2.15. The van der Waals surface area contributed by atoms with Gasteiger partial charge in [-0.05, 0) is 48.2 Å². The van der Waals surface area contributed by atoms with Gasteiger partial charge in [0.05, 0.1) is 19.8 Å². The van der Waals surface area contributed by atoms with Gasteiger partial charge in [0.2, 0.25) is 0 Å². The van der Waals surface area contributed by atoms with E-state index < -0.39 is 0 Å². The van der Waals surface area contributed by atoms with Crippen molar-refractivity contribution in [1.29, 1.82) is 0 Å². The monoisotopic (exact) mass is 443 g/mol. The van der Waals surface area contributed by atoms with Crippen LogP contribution in [0, 0.1) is 0 Å². The van der Waals surface area contributed by atoms with Crippen molar-refractivity contribution in [2.75, 3.05) is 14.2 Å². The maximum absolute atomic E-state index is 13.2. The molecule has 0 bridgehead atoms. The smallest absolute Gasteiger partial charge is 0.197 e. The summed E-state index contributed by atoms with van der Waals surface area (Å²) in [7, 11) is 3.10. The van der Waals surface area contributed by atoms with E-state index in [1.54, 1.807) is 37.4 Å². The number of rotatable bonds is 7. The summed E-state index contributed by atoms with van der Waals surface area (Å²) in [6.07, 6.45) is 2.49. The van der Waals surface area contributed by atoms with E-state index in [9.17, 15) is 9.90 Å². The fourth-order valence-corrected chi connectivity index (χ4v) is 3.98. The first-order chi connectivity index (χ1) is 16.1. The number of hydrogen-bond donors (Lipinski definition) is 2. The third-order valence-corrected chi connectivity index (χ3v) is 5.94. The molecule has 1 fully saturated rings. The molecule has 0 atom stereocenters. The van der Waals surface area contributed by atoms with Crippen molar-refractivity contribution in [1.82, 2.24) is 5.32 Å². The molecule has 4 aromatic rings. The fourth-order valence-electron chi connectivity index (χ4n) is 3.98. The van der Waals surface area contributed by atoms with Crippen molar-refractivity contribution in [3.8, 4) is 39.7 Å². The average molecular weight is 443 g/mol. The van der Waals surface area contributed by atoms with Crippen molar-refractivity contribution in [3.63, 3.8) is 0 Å². The lowest BCUT2D eigenvalue weighted by Gasteiger charge is -2.15. The normalized spacial score (nSPS) is 13.3. The lowest BCUT2D eigenvalue weighted by molar-refractivity contribution is 0.397. The third-order valence-electron chi connectivity index (χ3n) is 5.94. The predicted molar refractivity (Wildman–Crippen MR) is 128 cm³/mol. The zero-order valence-corrected chi connectivity index (χ0v) is 18.6. The molecule has 0 amide bonds. The van der Waals surface area contributed by atoms with Crippen LogP contribution in [0.3, 0.4) is 0 Å². The van der Waals surface area contributed by atoms with E-state index in [2.05, 4.69) is 17.4 Å². The minimum absolute atomic E-state index is 0.141. The number of hydrogen-bond acceptors (Lipinski definition) is 6.